The first kappa shape index (κ1) is 5.01. The standard InChI is InChI=1S/C3H7N3.H2/c4-1-3(6)2-5;/h1-2,4H,5-6H2;1H/b3-2+,4-1?;. The molecule has 0 bridgehead atoms. The highest BCUT2D eigenvalue weighted by Gasteiger charge is 1.69. The van der Waals surface area contributed by atoms with Gasteiger partial charge in [-0.2, -0.15) is 0 Å². The predicted molar refractivity (Wildman–Crippen MR) is 27.4 cm³/mol. The Hall–Kier alpha value is -0.990. The summed E-state index contributed by atoms with van der Waals surface area (Å²) in [5.74, 6) is 0. The largest absolute Gasteiger partial charge is 0.403 e. The topological polar surface area (TPSA) is 75.9 Å². The second kappa shape index (κ2) is 2.26. The third-order valence-corrected chi connectivity index (χ3v) is 0.359. The summed E-state index contributed by atoms with van der Waals surface area (Å²) in [6.45, 7) is 0. The molecule has 0 aromatic rings. The van der Waals surface area contributed by atoms with Crippen LogP contribution in [-0.2, 0) is 0 Å². The van der Waals surface area contributed by atoms with E-state index in [-0.39, 0.29) is 7.12 Å². The van der Waals surface area contributed by atoms with E-state index < -0.39 is 0 Å². The molecule has 0 aromatic carbocycles. The van der Waals surface area contributed by atoms with Crippen LogP contribution in [0.2, 0.25) is 0 Å². The number of allylic oxidation sites excluding steroid dienone is 1. The summed E-state index contributed by atoms with van der Waals surface area (Å²) >= 11 is 0. The van der Waals surface area contributed by atoms with Crippen molar-refractivity contribution in [1.29, 1.82) is 5.41 Å². The third-order valence-electron chi connectivity index (χ3n) is 0.359. The molecule has 0 aliphatic rings. The van der Waals surface area contributed by atoms with Crippen LogP contribution in [0.5, 0.6) is 0 Å². The Kier molecular flexibility index (Phi) is 1.89. The summed E-state index contributed by atoms with van der Waals surface area (Å²) in [6.07, 6.45) is 2.16. The van der Waals surface area contributed by atoms with Gasteiger partial charge >= 0.3 is 0 Å². The zero-order valence-electron chi connectivity index (χ0n) is 3.31. The van der Waals surface area contributed by atoms with Crippen molar-refractivity contribution < 1.29 is 1.43 Å². The molecule has 6 heavy (non-hydrogen) atoms. The van der Waals surface area contributed by atoms with E-state index in [0.29, 0.717) is 0 Å². The fourth-order valence-electron chi connectivity index (χ4n) is 0.0481. The summed E-state index contributed by atoms with van der Waals surface area (Å²) in [4.78, 5) is 0. The number of nitrogens with one attached hydrogen (secondary N) is 1. The van der Waals surface area contributed by atoms with Crippen molar-refractivity contribution >= 4 is 6.21 Å². The van der Waals surface area contributed by atoms with E-state index in [1.807, 2.05) is 0 Å². The summed E-state index contributed by atoms with van der Waals surface area (Å²) in [6, 6.07) is 0. The van der Waals surface area contributed by atoms with Gasteiger partial charge in [0.15, 0.2) is 0 Å². The molecule has 0 spiro atoms. The van der Waals surface area contributed by atoms with Crippen LogP contribution in [0.15, 0.2) is 11.9 Å². The van der Waals surface area contributed by atoms with Crippen molar-refractivity contribution in [2.24, 2.45) is 11.5 Å². The molecular formula is C3H9N3. The lowest BCUT2D eigenvalue weighted by Gasteiger charge is -1.79. The Balaban J connectivity index is 0. The summed E-state index contributed by atoms with van der Waals surface area (Å²) in [5, 5.41) is 6.41. The Morgan fingerprint density at radius 3 is 2.33 bits per heavy atom. The first-order valence-corrected chi connectivity index (χ1v) is 1.49. The number of rotatable bonds is 1. The lowest BCUT2D eigenvalue weighted by Crippen LogP contribution is -1.99. The molecule has 0 saturated heterocycles. The molecular weight excluding hydrogens is 78.1 g/mol. The lowest BCUT2D eigenvalue weighted by molar-refractivity contribution is 1.40. The van der Waals surface area contributed by atoms with Gasteiger partial charge in [0.05, 0.1) is 5.70 Å². The Bertz CT molecular complexity index is 78.2. The second-order valence-electron chi connectivity index (χ2n) is 0.811. The molecule has 0 unspecified atom stereocenters. The maximum Gasteiger partial charge on any atom is 0.0650 e. The molecule has 0 aliphatic heterocycles. The molecule has 0 radical (unpaired) electrons. The van der Waals surface area contributed by atoms with E-state index in [4.69, 9.17) is 16.9 Å². The predicted octanol–water partition coefficient (Wildman–Crippen LogP) is -0.359. The minimum Gasteiger partial charge on any atom is -0.403 e. The molecule has 5 N–H and O–H groups in total. The van der Waals surface area contributed by atoms with E-state index in [0.717, 1.165) is 6.21 Å². The molecule has 3 nitrogen and oxygen atoms in total. The minimum absolute atomic E-state index is 0. The van der Waals surface area contributed by atoms with Crippen molar-refractivity contribution in [3.05, 3.63) is 11.9 Å². The Labute approximate surface area is 37.6 Å². The maximum absolute atomic E-state index is 6.41. The molecule has 0 heterocycles. The van der Waals surface area contributed by atoms with Gasteiger partial charge in [-0.25, -0.2) is 0 Å². The molecule has 0 amide bonds. The molecule has 0 saturated carbocycles. The summed E-state index contributed by atoms with van der Waals surface area (Å²) < 4.78 is 0. The van der Waals surface area contributed by atoms with Gasteiger partial charge < -0.3 is 16.9 Å². The van der Waals surface area contributed by atoms with Crippen LogP contribution in [0.4, 0.5) is 0 Å². The zero-order chi connectivity index (χ0) is 4.99. The average molecular weight is 87.1 g/mol. The summed E-state index contributed by atoms with van der Waals surface area (Å²) in [5.41, 5.74) is 10.1. The van der Waals surface area contributed by atoms with Gasteiger partial charge in [-0.3, -0.25) is 0 Å². The van der Waals surface area contributed by atoms with E-state index in [1.165, 1.54) is 6.20 Å². The van der Waals surface area contributed by atoms with Crippen LogP contribution < -0.4 is 11.5 Å². The highest BCUT2D eigenvalue weighted by Crippen LogP contribution is 1.63. The van der Waals surface area contributed by atoms with Crippen LogP contribution in [0.25, 0.3) is 0 Å². The van der Waals surface area contributed by atoms with Crippen molar-refractivity contribution in [3.8, 4) is 0 Å². The highest BCUT2D eigenvalue weighted by atomic mass is 14.6. The Morgan fingerprint density at radius 1 is 1.83 bits per heavy atom. The SMILES string of the molecule is N=C/C(N)=C\N.[HH]. The first-order valence-electron chi connectivity index (χ1n) is 1.49. The molecule has 36 valence electrons. The van der Waals surface area contributed by atoms with Crippen LogP contribution in [0.1, 0.15) is 1.43 Å². The molecule has 0 aliphatic carbocycles. The van der Waals surface area contributed by atoms with Crippen molar-refractivity contribution in [2.75, 3.05) is 0 Å². The monoisotopic (exact) mass is 87.1 g/mol. The fraction of sp³-hybridized carbons (Fsp3) is 0. The number of nitrogens with two attached hydrogens (primary N) is 2. The normalized spacial score (nSPS) is 11.0. The Morgan fingerprint density at radius 2 is 2.33 bits per heavy atom. The van der Waals surface area contributed by atoms with Gasteiger partial charge in [-0.05, 0) is 0 Å². The molecule has 0 atom stereocenters. The van der Waals surface area contributed by atoms with Crippen LogP contribution in [0, 0.1) is 5.41 Å². The lowest BCUT2D eigenvalue weighted by atomic mass is 10.5. The van der Waals surface area contributed by atoms with Crippen molar-refractivity contribution in [2.45, 2.75) is 0 Å². The molecule has 0 rings (SSSR count). The fourth-order valence-corrected chi connectivity index (χ4v) is 0.0481. The quantitative estimate of drug-likeness (QED) is 0.382. The highest BCUT2D eigenvalue weighted by molar-refractivity contribution is 5.73. The summed E-state index contributed by atoms with van der Waals surface area (Å²) in [7, 11) is 0. The smallest absolute Gasteiger partial charge is 0.0650 e. The first-order chi connectivity index (χ1) is 2.81. The molecule has 0 fully saturated rings. The van der Waals surface area contributed by atoms with E-state index in [2.05, 4.69) is 0 Å². The third kappa shape index (κ3) is 1.34. The molecule has 0 aromatic heterocycles. The van der Waals surface area contributed by atoms with Gasteiger partial charge in [0.2, 0.25) is 0 Å². The van der Waals surface area contributed by atoms with Crippen LogP contribution in [-0.4, -0.2) is 6.21 Å². The van der Waals surface area contributed by atoms with Gasteiger partial charge in [0, 0.05) is 13.8 Å². The van der Waals surface area contributed by atoms with E-state index >= 15 is 0 Å². The van der Waals surface area contributed by atoms with Gasteiger partial charge in [-0.1, -0.05) is 0 Å². The number of hydrogen-bond donors (Lipinski definition) is 3. The van der Waals surface area contributed by atoms with Crippen molar-refractivity contribution in [3.63, 3.8) is 0 Å². The number of hydrogen-bond acceptors (Lipinski definition) is 3. The van der Waals surface area contributed by atoms with E-state index in [1.54, 1.807) is 0 Å². The average Bonchev–Trinajstić information content (AvgIpc) is 1.65. The van der Waals surface area contributed by atoms with Crippen LogP contribution >= 0.6 is 0 Å². The van der Waals surface area contributed by atoms with Crippen LogP contribution in [0.3, 0.4) is 0 Å². The van der Waals surface area contributed by atoms with Gasteiger partial charge in [0.25, 0.3) is 0 Å². The van der Waals surface area contributed by atoms with E-state index in [9.17, 15) is 0 Å². The maximum atomic E-state index is 6.41. The zero-order valence-corrected chi connectivity index (χ0v) is 3.31. The minimum atomic E-state index is 0. The second-order valence-corrected chi connectivity index (χ2v) is 0.811. The van der Waals surface area contributed by atoms with Gasteiger partial charge in [0.1, 0.15) is 0 Å². The van der Waals surface area contributed by atoms with Crippen molar-refractivity contribution in [1.82, 2.24) is 0 Å². The molecule has 3 heteroatoms. The van der Waals surface area contributed by atoms with Gasteiger partial charge in [-0.15, -0.1) is 0 Å².